The quantitative estimate of drug-likeness (QED) is 0.263. The van der Waals surface area contributed by atoms with Crippen molar-refractivity contribution in [2.24, 2.45) is 4.99 Å². The lowest BCUT2D eigenvalue weighted by atomic mass is 10.1. The lowest BCUT2D eigenvalue weighted by molar-refractivity contribution is -0.142. The number of guanidine groups is 1. The molecular weight excluding hydrogens is 496 g/mol. The number of aliphatic imine (C=N–C) groups is 1. The van der Waals surface area contributed by atoms with Gasteiger partial charge in [0.25, 0.3) is 0 Å². The highest BCUT2D eigenvalue weighted by atomic mass is 127. The molecule has 0 spiro atoms. The molecule has 1 aromatic rings. The summed E-state index contributed by atoms with van der Waals surface area (Å²) in [5.41, 5.74) is -1.29. The van der Waals surface area contributed by atoms with Crippen LogP contribution in [0.1, 0.15) is 11.1 Å². The van der Waals surface area contributed by atoms with Crippen LogP contribution in [0.4, 0.5) is 30.7 Å². The van der Waals surface area contributed by atoms with Gasteiger partial charge in [-0.25, -0.2) is 4.39 Å². The molecule has 0 amide bonds. The fourth-order valence-corrected chi connectivity index (χ4v) is 2.12. The molecule has 4 nitrogen and oxygen atoms in total. The van der Waals surface area contributed by atoms with E-state index in [4.69, 9.17) is 0 Å². The van der Waals surface area contributed by atoms with Crippen molar-refractivity contribution in [3.8, 4) is 0 Å². The predicted molar refractivity (Wildman–Crippen MR) is 98.6 cm³/mol. The van der Waals surface area contributed by atoms with Crippen LogP contribution in [0, 0.1) is 5.82 Å². The van der Waals surface area contributed by atoms with Gasteiger partial charge in [-0.1, -0.05) is 6.07 Å². The molecule has 0 bridgehead atoms. The van der Waals surface area contributed by atoms with Gasteiger partial charge in [-0.3, -0.25) is 9.89 Å². The highest BCUT2D eigenvalue weighted by Gasteiger charge is 2.33. The van der Waals surface area contributed by atoms with Crippen LogP contribution in [-0.4, -0.2) is 50.8 Å². The summed E-state index contributed by atoms with van der Waals surface area (Å²) < 4.78 is 88.5. The van der Waals surface area contributed by atoms with Crippen LogP contribution in [0.15, 0.2) is 23.2 Å². The fraction of sp³-hybridized carbons (Fsp3) is 0.533. The third-order valence-electron chi connectivity index (χ3n) is 3.28. The topological polar surface area (TPSA) is 39.7 Å². The monoisotopic (exact) mass is 516 g/mol. The first-order valence-corrected chi connectivity index (χ1v) is 7.48. The molecule has 0 unspecified atom stereocenters. The van der Waals surface area contributed by atoms with Gasteiger partial charge in [-0.15, -0.1) is 24.0 Å². The van der Waals surface area contributed by atoms with Crippen molar-refractivity contribution in [2.45, 2.75) is 18.9 Å². The molecule has 27 heavy (non-hydrogen) atoms. The van der Waals surface area contributed by atoms with E-state index in [1.807, 2.05) is 0 Å². The first-order valence-electron chi connectivity index (χ1n) is 7.48. The van der Waals surface area contributed by atoms with Crippen molar-refractivity contribution < 1.29 is 30.7 Å². The second kappa shape index (κ2) is 10.9. The van der Waals surface area contributed by atoms with E-state index in [1.165, 1.54) is 14.1 Å². The third-order valence-corrected chi connectivity index (χ3v) is 3.28. The van der Waals surface area contributed by atoms with Gasteiger partial charge in [0, 0.05) is 26.7 Å². The highest BCUT2D eigenvalue weighted by Crippen LogP contribution is 2.32. The number of benzene rings is 1. The molecule has 0 aliphatic carbocycles. The molecule has 0 atom stereocenters. The Hall–Kier alpha value is -1.31. The Morgan fingerprint density at radius 2 is 1.74 bits per heavy atom. The summed E-state index contributed by atoms with van der Waals surface area (Å²) in [5.74, 6) is -0.890. The minimum Gasteiger partial charge on any atom is -0.355 e. The number of nitrogens with one attached hydrogen (secondary N) is 2. The van der Waals surface area contributed by atoms with E-state index in [2.05, 4.69) is 15.6 Å². The molecule has 0 aliphatic heterocycles. The molecule has 12 heteroatoms. The molecular formula is C15H20F7IN4. The SMILES string of the molecule is CN=C(NCCN(C)CC(F)(F)F)NCc1ccc(F)cc1C(F)(F)F.I. The van der Waals surface area contributed by atoms with Crippen LogP contribution in [0.3, 0.4) is 0 Å². The average molecular weight is 516 g/mol. The molecule has 0 fully saturated rings. The van der Waals surface area contributed by atoms with Gasteiger partial charge in [-0.05, 0) is 24.7 Å². The lowest BCUT2D eigenvalue weighted by Gasteiger charge is -2.20. The number of likely N-dealkylation sites (N-methyl/N-ethyl adjacent to an activating group) is 1. The van der Waals surface area contributed by atoms with Crippen LogP contribution in [0.5, 0.6) is 0 Å². The van der Waals surface area contributed by atoms with Crippen LogP contribution in [0.2, 0.25) is 0 Å². The number of rotatable bonds is 6. The molecule has 1 aromatic carbocycles. The zero-order valence-corrected chi connectivity index (χ0v) is 16.8. The summed E-state index contributed by atoms with van der Waals surface area (Å²) in [6.07, 6.45) is -9.03. The summed E-state index contributed by atoms with van der Waals surface area (Å²) in [6, 6.07) is 2.32. The van der Waals surface area contributed by atoms with Crippen molar-refractivity contribution in [1.82, 2.24) is 15.5 Å². The Morgan fingerprint density at radius 3 is 2.26 bits per heavy atom. The Kier molecular flexibility index (Phi) is 10.4. The van der Waals surface area contributed by atoms with Crippen molar-refractivity contribution in [3.05, 3.63) is 35.1 Å². The van der Waals surface area contributed by atoms with Crippen molar-refractivity contribution in [2.75, 3.05) is 33.7 Å². The van der Waals surface area contributed by atoms with Gasteiger partial charge in [0.05, 0.1) is 12.1 Å². The Bertz CT molecular complexity index is 617. The van der Waals surface area contributed by atoms with E-state index in [-0.39, 0.29) is 55.1 Å². The second-order valence-electron chi connectivity index (χ2n) is 5.50. The first kappa shape index (κ1) is 25.7. The molecule has 0 heterocycles. The zero-order chi connectivity index (χ0) is 20.0. The normalized spacial score (nSPS) is 12.7. The van der Waals surface area contributed by atoms with Crippen molar-refractivity contribution >= 4 is 29.9 Å². The number of halogens is 8. The Balaban J connectivity index is 0.00000676. The van der Waals surface area contributed by atoms with Crippen LogP contribution in [0.25, 0.3) is 0 Å². The summed E-state index contributed by atoms with van der Waals surface area (Å²) in [4.78, 5) is 4.83. The lowest BCUT2D eigenvalue weighted by Crippen LogP contribution is -2.42. The van der Waals surface area contributed by atoms with Crippen molar-refractivity contribution in [1.29, 1.82) is 0 Å². The van der Waals surface area contributed by atoms with Gasteiger partial charge in [0.15, 0.2) is 5.96 Å². The van der Waals surface area contributed by atoms with Crippen LogP contribution >= 0.6 is 24.0 Å². The third kappa shape index (κ3) is 9.98. The Morgan fingerprint density at radius 1 is 1.11 bits per heavy atom. The number of hydrogen-bond donors (Lipinski definition) is 2. The van der Waals surface area contributed by atoms with E-state index in [0.717, 1.165) is 17.0 Å². The molecule has 0 aromatic heterocycles. The van der Waals surface area contributed by atoms with Gasteiger partial charge < -0.3 is 10.6 Å². The maximum Gasteiger partial charge on any atom is 0.416 e. The average Bonchev–Trinajstić information content (AvgIpc) is 2.48. The highest BCUT2D eigenvalue weighted by molar-refractivity contribution is 14.0. The predicted octanol–water partition coefficient (Wildman–Crippen LogP) is 3.62. The van der Waals surface area contributed by atoms with Gasteiger partial charge in [0.1, 0.15) is 5.82 Å². The molecule has 0 radical (unpaired) electrons. The van der Waals surface area contributed by atoms with E-state index in [1.54, 1.807) is 0 Å². The van der Waals surface area contributed by atoms with Crippen LogP contribution < -0.4 is 10.6 Å². The standard InChI is InChI=1S/C15H19F7N4.HI/c1-23-13(24-5-6-26(2)9-14(17,18)19)25-8-10-3-4-11(16)7-12(10)15(20,21)22;/h3-4,7H,5-6,8-9H2,1-2H3,(H2,23,24,25);1H. The largest absolute Gasteiger partial charge is 0.416 e. The minimum atomic E-state index is -4.71. The number of hydrogen-bond acceptors (Lipinski definition) is 2. The maximum atomic E-state index is 13.1. The molecule has 0 saturated carbocycles. The molecule has 0 aliphatic rings. The molecule has 156 valence electrons. The molecule has 2 N–H and O–H groups in total. The summed E-state index contributed by atoms with van der Waals surface area (Å²) in [6.45, 7) is -1.22. The first-order chi connectivity index (χ1) is 11.9. The smallest absolute Gasteiger partial charge is 0.355 e. The van der Waals surface area contributed by atoms with E-state index >= 15 is 0 Å². The fourth-order valence-electron chi connectivity index (χ4n) is 2.12. The van der Waals surface area contributed by atoms with E-state index in [9.17, 15) is 30.7 Å². The maximum absolute atomic E-state index is 13.1. The van der Waals surface area contributed by atoms with E-state index in [0.29, 0.717) is 6.07 Å². The number of alkyl halides is 6. The Labute approximate surface area is 169 Å². The summed E-state index contributed by atoms with van der Waals surface area (Å²) in [7, 11) is 2.66. The second-order valence-corrected chi connectivity index (χ2v) is 5.50. The number of nitrogens with zero attached hydrogens (tertiary/aromatic N) is 2. The van der Waals surface area contributed by atoms with Gasteiger partial charge in [-0.2, -0.15) is 26.3 Å². The van der Waals surface area contributed by atoms with E-state index < -0.39 is 30.3 Å². The van der Waals surface area contributed by atoms with Crippen molar-refractivity contribution in [3.63, 3.8) is 0 Å². The molecule has 1 rings (SSSR count). The molecule has 0 saturated heterocycles. The zero-order valence-electron chi connectivity index (χ0n) is 14.5. The summed E-state index contributed by atoms with van der Waals surface area (Å²) >= 11 is 0. The van der Waals surface area contributed by atoms with Crippen LogP contribution in [-0.2, 0) is 12.7 Å². The van der Waals surface area contributed by atoms with Gasteiger partial charge in [0.2, 0.25) is 0 Å². The summed E-state index contributed by atoms with van der Waals surface area (Å²) in [5, 5.41) is 5.32. The minimum absolute atomic E-state index is 0. The van der Waals surface area contributed by atoms with Gasteiger partial charge >= 0.3 is 12.4 Å².